The van der Waals surface area contributed by atoms with Gasteiger partial charge < -0.3 is 59.0 Å². The number of carbonyl (C=O) groups excluding carboxylic acids is 7. The van der Waals surface area contributed by atoms with Crippen LogP contribution in [0.25, 0.3) is 11.3 Å². The molecule has 3 aliphatic heterocycles. The fourth-order valence-corrected chi connectivity index (χ4v) is 8.78. The number of aryl methyl sites for hydroxylation is 1. The number of nitrogens with zero attached hydrogens (tertiary/aromatic N) is 5. The number of alkyl halides is 4. The molecule has 0 saturated carbocycles. The van der Waals surface area contributed by atoms with Crippen molar-refractivity contribution in [1.82, 2.24) is 35.0 Å². The summed E-state index contributed by atoms with van der Waals surface area (Å²) in [6, 6.07) is 10.1. The minimum absolute atomic E-state index is 0.0411. The number of aromatic nitrogens is 3. The fraction of sp³-hybridized carbons (Fsp3) is 0.491. The monoisotopic (exact) mass is 1130 g/mol. The first-order valence-corrected chi connectivity index (χ1v) is 26.0. The van der Waals surface area contributed by atoms with E-state index in [1.807, 2.05) is 4.57 Å². The van der Waals surface area contributed by atoms with Gasteiger partial charge in [-0.1, -0.05) is 18.2 Å². The van der Waals surface area contributed by atoms with E-state index in [1.54, 1.807) is 24.7 Å². The van der Waals surface area contributed by atoms with Gasteiger partial charge in [-0.05, 0) is 55.2 Å². The van der Waals surface area contributed by atoms with Gasteiger partial charge >= 0.3 is 6.36 Å². The van der Waals surface area contributed by atoms with E-state index >= 15 is 4.39 Å². The molecule has 23 nitrogen and oxygen atoms in total. The largest absolute Gasteiger partial charge is 0.573 e. The first-order valence-electron chi connectivity index (χ1n) is 26.0. The molecule has 0 radical (unpaired) electrons. The minimum atomic E-state index is -4.85. The number of nitrogens with one attached hydrogen (secondary N) is 3. The number of ether oxygens (including phenoxy) is 7. The first-order chi connectivity index (χ1) is 38.5. The number of benzene rings is 2. The maximum atomic E-state index is 15.4. The van der Waals surface area contributed by atoms with E-state index < -0.39 is 65.9 Å². The molecule has 3 atom stereocenters. The van der Waals surface area contributed by atoms with Gasteiger partial charge in [0.15, 0.2) is 6.17 Å². The number of anilines is 1. The zero-order valence-electron chi connectivity index (χ0n) is 43.7. The third kappa shape index (κ3) is 17.7. The molecule has 7 rings (SSSR count). The van der Waals surface area contributed by atoms with Crippen LogP contribution in [0.2, 0.25) is 0 Å². The van der Waals surface area contributed by atoms with Crippen molar-refractivity contribution in [2.45, 2.75) is 76.2 Å². The van der Waals surface area contributed by atoms with Gasteiger partial charge in [-0.2, -0.15) is 0 Å². The molecule has 3 aliphatic rings. The lowest BCUT2D eigenvalue weighted by Crippen LogP contribution is -2.54. The molecule has 0 bridgehead atoms. The van der Waals surface area contributed by atoms with E-state index in [9.17, 15) is 46.7 Å². The standard InChI is InChI=1S/C53H63F4N9O14/c54-39-31-65(46(69)28-34-6-8-36(9-7-34)80-53(55,56)57)17-12-43(39)79-50-38(48(58)70)29-35(30-61-50)41-32-64(33-62-41)16-2-1-14-60-44(67)13-18-74-20-22-76-24-26-78-27-25-77-23-21-75-19-15-59-40-5-3-4-37-47(40)52(73)66(51(37)72)42-10-11-45(68)63-49(42)71/h3-9,29-30,32-33,39,42-43,59H,1-2,10-28,31H2,(H2,58,70)(H,60,67)(H,63,68,71)/t39-,42?,43-/m1/s1. The average Bonchev–Trinajstić information content (AvgIpc) is 4.01. The first kappa shape index (κ1) is 60.1. The molecule has 2 fully saturated rings. The lowest BCUT2D eigenvalue weighted by molar-refractivity contribution is -0.274. The number of carbonyl (C=O) groups is 7. The number of hydrogen-bond acceptors (Lipinski definition) is 17. The number of piperidine rings is 2. The van der Waals surface area contributed by atoms with Gasteiger partial charge in [-0.3, -0.25) is 43.8 Å². The quantitative estimate of drug-likeness (QED) is 0.0310. The highest BCUT2D eigenvalue weighted by molar-refractivity contribution is 6.25. The van der Waals surface area contributed by atoms with Gasteiger partial charge in [0.05, 0.1) is 102 Å². The normalized spacial score (nSPS) is 17.3. The predicted molar refractivity (Wildman–Crippen MR) is 274 cm³/mol. The van der Waals surface area contributed by atoms with E-state index in [1.165, 1.54) is 35.4 Å². The lowest BCUT2D eigenvalue weighted by Gasteiger charge is -2.34. The Bertz CT molecular complexity index is 2790. The van der Waals surface area contributed by atoms with Crippen LogP contribution in [-0.2, 0) is 55.8 Å². The van der Waals surface area contributed by atoms with Gasteiger partial charge in [0, 0.05) is 69.1 Å². The van der Waals surface area contributed by atoms with Crippen LogP contribution in [0, 0.1) is 0 Å². The molecule has 4 aromatic rings. The van der Waals surface area contributed by atoms with Crippen LogP contribution in [0.5, 0.6) is 11.6 Å². The number of rotatable bonds is 32. The molecule has 5 heterocycles. The van der Waals surface area contributed by atoms with Crippen LogP contribution in [0.1, 0.15) is 75.2 Å². The summed E-state index contributed by atoms with van der Waals surface area (Å²) in [4.78, 5) is 98.7. The summed E-state index contributed by atoms with van der Waals surface area (Å²) in [6.45, 7) is 4.53. The van der Waals surface area contributed by atoms with E-state index in [2.05, 4.69) is 30.7 Å². The summed E-state index contributed by atoms with van der Waals surface area (Å²) in [5.41, 5.74) is 7.79. The second-order valence-corrected chi connectivity index (χ2v) is 18.6. The third-order valence-electron chi connectivity index (χ3n) is 12.8. The number of halogens is 4. The van der Waals surface area contributed by atoms with Crippen molar-refractivity contribution in [2.24, 2.45) is 5.73 Å². The number of unbranched alkanes of at least 4 members (excludes halogenated alkanes) is 1. The Morgan fingerprint density at radius 3 is 2.16 bits per heavy atom. The Balaban J connectivity index is 0.658. The summed E-state index contributed by atoms with van der Waals surface area (Å²) in [5, 5.41) is 8.18. The molecule has 7 amide bonds. The van der Waals surface area contributed by atoms with Crippen molar-refractivity contribution in [2.75, 3.05) is 97.6 Å². The minimum Gasteiger partial charge on any atom is -0.471 e. The van der Waals surface area contributed by atoms with Crippen LogP contribution >= 0.6 is 0 Å². The smallest absolute Gasteiger partial charge is 0.471 e. The number of likely N-dealkylation sites (tertiary alicyclic amines) is 1. The van der Waals surface area contributed by atoms with Gasteiger partial charge in [-0.15, -0.1) is 13.2 Å². The molecule has 5 N–H and O–H groups in total. The lowest BCUT2D eigenvalue weighted by atomic mass is 10.0. The second-order valence-electron chi connectivity index (χ2n) is 18.6. The molecular weight excluding hydrogens is 1060 g/mol. The van der Waals surface area contributed by atoms with Crippen LogP contribution in [0.4, 0.5) is 23.2 Å². The van der Waals surface area contributed by atoms with Crippen LogP contribution in [0.15, 0.2) is 67.3 Å². The van der Waals surface area contributed by atoms with Gasteiger partial charge in [0.1, 0.15) is 23.5 Å². The van der Waals surface area contributed by atoms with Crippen molar-refractivity contribution in [1.29, 1.82) is 0 Å². The number of nitrogens with two attached hydrogens (primary N) is 1. The molecule has 1 unspecified atom stereocenters. The predicted octanol–water partition coefficient (Wildman–Crippen LogP) is 3.39. The Morgan fingerprint density at radius 2 is 1.50 bits per heavy atom. The number of primary amides is 1. The summed E-state index contributed by atoms with van der Waals surface area (Å²) >= 11 is 0. The van der Waals surface area contributed by atoms with Gasteiger partial charge in [0.25, 0.3) is 17.7 Å². The second kappa shape index (κ2) is 29.6. The number of imidazole rings is 1. The summed E-state index contributed by atoms with van der Waals surface area (Å²) in [5.74, 6) is -4.27. The molecule has 2 aromatic heterocycles. The third-order valence-corrected chi connectivity index (χ3v) is 12.8. The SMILES string of the molecule is NC(=O)c1cc(-c2cn(CCCCNC(=O)CCOCCOCCOCCOCCOCCNc3cccc4c3C(=O)N(C3CCC(=O)NC3=O)C4=O)cn2)cnc1O[C@@H]1CCN(C(=O)Cc2ccc(OC(F)(F)F)cc2)C[C@H]1F. The summed E-state index contributed by atoms with van der Waals surface area (Å²) < 4.78 is 92.0. The Hall–Kier alpha value is -7.59. The Morgan fingerprint density at radius 1 is 0.812 bits per heavy atom. The topological polar surface area (TPSA) is 283 Å². The summed E-state index contributed by atoms with van der Waals surface area (Å²) in [6.07, 6.45) is -1.05. The fourth-order valence-electron chi connectivity index (χ4n) is 8.78. The van der Waals surface area contributed by atoms with Gasteiger partial charge in [0.2, 0.25) is 29.5 Å². The van der Waals surface area contributed by atoms with E-state index in [-0.39, 0.29) is 80.3 Å². The van der Waals surface area contributed by atoms with Crippen molar-refractivity contribution >= 4 is 47.0 Å². The summed E-state index contributed by atoms with van der Waals surface area (Å²) in [7, 11) is 0. The number of pyridine rings is 1. The average molecular weight is 1130 g/mol. The van der Waals surface area contributed by atoms with Crippen LogP contribution in [0.3, 0.4) is 0 Å². The highest BCUT2D eigenvalue weighted by atomic mass is 19.4. The molecular formula is C53H63F4N9O14. The van der Waals surface area contributed by atoms with Crippen molar-refractivity contribution in [3.05, 3.63) is 89.5 Å². The Labute approximate surface area is 457 Å². The van der Waals surface area contributed by atoms with Crippen molar-refractivity contribution < 1.29 is 84.3 Å². The molecule has 80 heavy (non-hydrogen) atoms. The number of hydrogen-bond donors (Lipinski definition) is 4. The highest BCUT2D eigenvalue weighted by Crippen LogP contribution is 2.33. The zero-order valence-corrected chi connectivity index (χ0v) is 43.7. The highest BCUT2D eigenvalue weighted by Gasteiger charge is 2.45. The van der Waals surface area contributed by atoms with Crippen LogP contribution < -0.4 is 31.2 Å². The van der Waals surface area contributed by atoms with Crippen molar-refractivity contribution in [3.63, 3.8) is 0 Å². The zero-order chi connectivity index (χ0) is 57.0. The molecule has 2 aromatic carbocycles. The molecule has 2 saturated heterocycles. The molecule has 27 heteroatoms. The van der Waals surface area contributed by atoms with Crippen molar-refractivity contribution in [3.8, 4) is 22.9 Å². The van der Waals surface area contributed by atoms with E-state index in [4.69, 9.17) is 34.2 Å². The molecule has 0 spiro atoms. The maximum absolute atomic E-state index is 15.4. The Kier molecular flexibility index (Phi) is 22.2. The number of fused-ring (bicyclic) bond motifs is 1. The number of amides is 7. The number of imide groups is 2. The molecule has 432 valence electrons. The van der Waals surface area contributed by atoms with Crippen LogP contribution in [-0.4, -0.2) is 183 Å². The van der Waals surface area contributed by atoms with E-state index in [0.717, 1.165) is 23.5 Å². The maximum Gasteiger partial charge on any atom is 0.573 e. The molecule has 0 aliphatic carbocycles. The van der Waals surface area contributed by atoms with E-state index in [0.29, 0.717) is 108 Å². The van der Waals surface area contributed by atoms with Gasteiger partial charge in [-0.25, -0.2) is 14.4 Å².